The van der Waals surface area contributed by atoms with E-state index in [1.807, 2.05) is 5.38 Å². The number of benzene rings is 1. The zero-order valence-corrected chi connectivity index (χ0v) is 10.6. The van der Waals surface area contributed by atoms with Crippen LogP contribution < -0.4 is 5.32 Å². The van der Waals surface area contributed by atoms with Crippen LogP contribution in [0.5, 0.6) is 0 Å². The van der Waals surface area contributed by atoms with E-state index >= 15 is 0 Å². The van der Waals surface area contributed by atoms with Crippen LogP contribution in [-0.4, -0.2) is 9.91 Å². The maximum atomic E-state index is 13.6. The number of rotatable bonds is 4. The molecule has 0 atom stereocenters. The number of aromatic nitrogens is 1. The van der Waals surface area contributed by atoms with Crippen LogP contribution in [0.15, 0.2) is 17.5 Å². The summed E-state index contributed by atoms with van der Waals surface area (Å²) in [6.07, 6.45) is 0. The zero-order chi connectivity index (χ0) is 14.0. The summed E-state index contributed by atoms with van der Waals surface area (Å²) in [5, 5.41) is 15.8. The van der Waals surface area contributed by atoms with E-state index in [0.717, 1.165) is 5.69 Å². The van der Waals surface area contributed by atoms with Gasteiger partial charge in [0.15, 0.2) is 5.82 Å². The summed E-state index contributed by atoms with van der Waals surface area (Å²) in [4.78, 5) is 14.1. The van der Waals surface area contributed by atoms with E-state index in [-0.39, 0.29) is 12.2 Å². The largest absolute Gasteiger partial charge is 0.371 e. The molecule has 0 saturated heterocycles. The van der Waals surface area contributed by atoms with Crippen molar-refractivity contribution in [3.05, 3.63) is 50.0 Å². The number of nitro groups is 1. The van der Waals surface area contributed by atoms with Crippen molar-refractivity contribution >= 4 is 22.7 Å². The molecule has 2 rings (SSSR count). The molecule has 5 nitrogen and oxygen atoms in total. The molecule has 8 heteroatoms. The first-order chi connectivity index (χ1) is 8.97. The Bertz CT molecular complexity index is 630. The molecule has 0 aliphatic rings. The Balaban J connectivity index is 2.26. The maximum absolute atomic E-state index is 13.6. The lowest BCUT2D eigenvalue weighted by Gasteiger charge is -2.06. The third-order valence-corrected chi connectivity index (χ3v) is 3.28. The number of nitrogens with zero attached hydrogens (tertiary/aromatic N) is 2. The van der Waals surface area contributed by atoms with Crippen molar-refractivity contribution < 1.29 is 13.7 Å². The lowest BCUT2D eigenvalue weighted by molar-refractivity contribution is -0.384. The molecule has 0 aliphatic heterocycles. The number of nitro benzene ring substituents is 1. The van der Waals surface area contributed by atoms with Gasteiger partial charge in [0, 0.05) is 17.1 Å². The van der Waals surface area contributed by atoms with Gasteiger partial charge in [0.1, 0.15) is 16.5 Å². The van der Waals surface area contributed by atoms with Gasteiger partial charge in [0.25, 0.3) is 5.69 Å². The number of aryl methyl sites for hydroxylation is 1. The highest BCUT2D eigenvalue weighted by Crippen LogP contribution is 2.29. The molecule has 1 aromatic carbocycles. The highest BCUT2D eigenvalue weighted by atomic mass is 32.1. The minimum absolute atomic E-state index is 0.141. The summed E-state index contributed by atoms with van der Waals surface area (Å²) in [6, 6.07) is 1.28. The Labute approximate surface area is 111 Å². The van der Waals surface area contributed by atoms with Gasteiger partial charge in [-0.3, -0.25) is 10.1 Å². The molecular weight excluding hydrogens is 276 g/mol. The zero-order valence-electron chi connectivity index (χ0n) is 9.81. The van der Waals surface area contributed by atoms with Crippen LogP contribution in [0.25, 0.3) is 0 Å². The molecule has 0 radical (unpaired) electrons. The van der Waals surface area contributed by atoms with Crippen LogP contribution in [-0.2, 0) is 6.54 Å². The molecule has 0 spiro atoms. The molecule has 2 aromatic rings. The second kappa shape index (κ2) is 5.27. The van der Waals surface area contributed by atoms with Gasteiger partial charge in [-0.25, -0.2) is 13.8 Å². The molecule has 0 bridgehead atoms. The van der Waals surface area contributed by atoms with E-state index < -0.39 is 22.2 Å². The van der Waals surface area contributed by atoms with Gasteiger partial charge in [0.05, 0.1) is 17.5 Å². The van der Waals surface area contributed by atoms with Gasteiger partial charge < -0.3 is 5.32 Å². The molecule has 0 aliphatic carbocycles. The first-order valence-electron chi connectivity index (χ1n) is 5.25. The molecule has 0 saturated carbocycles. The lowest BCUT2D eigenvalue weighted by atomic mass is 10.2. The van der Waals surface area contributed by atoms with E-state index in [0.29, 0.717) is 17.1 Å². The SMILES string of the molecule is Cc1csc(CNc2c(F)cc(F)cc2[N+](=O)[O-])n1. The summed E-state index contributed by atoms with van der Waals surface area (Å²) in [7, 11) is 0. The van der Waals surface area contributed by atoms with E-state index in [9.17, 15) is 18.9 Å². The second-order valence-corrected chi connectivity index (χ2v) is 4.72. The number of anilines is 1. The molecule has 0 unspecified atom stereocenters. The number of nitrogens with one attached hydrogen (secondary N) is 1. The highest BCUT2D eigenvalue weighted by Gasteiger charge is 2.20. The average Bonchev–Trinajstić information content (AvgIpc) is 2.73. The van der Waals surface area contributed by atoms with Crippen molar-refractivity contribution in [2.45, 2.75) is 13.5 Å². The normalized spacial score (nSPS) is 10.5. The van der Waals surface area contributed by atoms with Crippen molar-refractivity contribution in [2.75, 3.05) is 5.32 Å². The molecule has 0 fully saturated rings. The summed E-state index contributed by atoms with van der Waals surface area (Å²) in [6.45, 7) is 1.95. The van der Waals surface area contributed by atoms with Gasteiger partial charge in [-0.15, -0.1) is 11.3 Å². The summed E-state index contributed by atoms with van der Waals surface area (Å²) in [5.41, 5.74) is -0.152. The van der Waals surface area contributed by atoms with Gasteiger partial charge in [-0.2, -0.15) is 0 Å². The fraction of sp³-hybridized carbons (Fsp3) is 0.182. The van der Waals surface area contributed by atoms with E-state index in [2.05, 4.69) is 10.3 Å². The molecule has 0 amide bonds. The van der Waals surface area contributed by atoms with Crippen molar-refractivity contribution in [3.63, 3.8) is 0 Å². The Morgan fingerprint density at radius 1 is 1.47 bits per heavy atom. The van der Waals surface area contributed by atoms with Crippen LogP contribution in [0.3, 0.4) is 0 Å². The van der Waals surface area contributed by atoms with Crippen molar-refractivity contribution in [3.8, 4) is 0 Å². The average molecular weight is 285 g/mol. The first kappa shape index (κ1) is 13.3. The van der Waals surface area contributed by atoms with E-state index in [1.54, 1.807) is 6.92 Å². The number of thiazole rings is 1. The topological polar surface area (TPSA) is 68.1 Å². The van der Waals surface area contributed by atoms with Crippen LogP contribution in [0.4, 0.5) is 20.2 Å². The predicted molar refractivity (Wildman–Crippen MR) is 67.2 cm³/mol. The number of hydrogen-bond acceptors (Lipinski definition) is 5. The van der Waals surface area contributed by atoms with Crippen molar-refractivity contribution in [1.29, 1.82) is 0 Å². The summed E-state index contributed by atoms with van der Waals surface area (Å²) < 4.78 is 26.5. The molecule has 19 heavy (non-hydrogen) atoms. The quantitative estimate of drug-likeness (QED) is 0.691. The number of hydrogen-bond donors (Lipinski definition) is 1. The summed E-state index contributed by atoms with van der Waals surface area (Å²) >= 11 is 1.35. The first-order valence-corrected chi connectivity index (χ1v) is 6.13. The minimum Gasteiger partial charge on any atom is -0.371 e. The van der Waals surface area contributed by atoms with Crippen molar-refractivity contribution in [2.24, 2.45) is 0 Å². The molecule has 1 heterocycles. The minimum atomic E-state index is -1.00. The predicted octanol–water partition coefficient (Wildman–Crippen LogP) is 3.25. The lowest BCUT2D eigenvalue weighted by Crippen LogP contribution is -2.05. The molecule has 1 N–H and O–H groups in total. The Kier molecular flexibility index (Phi) is 3.70. The van der Waals surface area contributed by atoms with E-state index in [4.69, 9.17) is 0 Å². The van der Waals surface area contributed by atoms with Gasteiger partial charge in [0.2, 0.25) is 0 Å². The maximum Gasteiger partial charge on any atom is 0.298 e. The van der Waals surface area contributed by atoms with Gasteiger partial charge in [-0.05, 0) is 6.92 Å². The smallest absolute Gasteiger partial charge is 0.298 e. The van der Waals surface area contributed by atoms with Crippen LogP contribution >= 0.6 is 11.3 Å². The van der Waals surface area contributed by atoms with Crippen molar-refractivity contribution in [1.82, 2.24) is 4.98 Å². The second-order valence-electron chi connectivity index (χ2n) is 3.78. The Morgan fingerprint density at radius 3 is 2.79 bits per heavy atom. The fourth-order valence-corrected chi connectivity index (χ4v) is 2.24. The highest BCUT2D eigenvalue weighted by molar-refractivity contribution is 7.09. The molecule has 100 valence electrons. The third kappa shape index (κ3) is 3.02. The van der Waals surface area contributed by atoms with Crippen LogP contribution in [0.1, 0.15) is 10.7 Å². The number of halogens is 2. The van der Waals surface area contributed by atoms with Crippen LogP contribution in [0, 0.1) is 28.7 Å². The molecular formula is C11H9F2N3O2S. The van der Waals surface area contributed by atoms with Crippen LogP contribution in [0.2, 0.25) is 0 Å². The standard InChI is InChI=1S/C11H9F2N3O2S/c1-6-5-19-10(15-6)4-14-11-8(13)2-7(12)3-9(11)16(17)18/h2-3,5,14H,4H2,1H3. The Hall–Kier alpha value is -2.09. The van der Waals surface area contributed by atoms with Gasteiger partial charge >= 0.3 is 0 Å². The fourth-order valence-electron chi connectivity index (χ4n) is 1.53. The Morgan fingerprint density at radius 2 is 2.21 bits per heavy atom. The third-order valence-electron chi connectivity index (χ3n) is 2.31. The summed E-state index contributed by atoms with van der Waals surface area (Å²) in [5.74, 6) is -1.99. The monoisotopic (exact) mass is 285 g/mol. The van der Waals surface area contributed by atoms with Gasteiger partial charge in [-0.1, -0.05) is 0 Å². The molecule has 1 aromatic heterocycles. The van der Waals surface area contributed by atoms with E-state index in [1.165, 1.54) is 11.3 Å².